The Kier molecular flexibility index (Phi) is 11.3. The Bertz CT molecular complexity index is 993. The monoisotopic (exact) mass is 520 g/mol. The molecule has 10 heteroatoms. The van der Waals surface area contributed by atoms with E-state index in [2.05, 4.69) is 0 Å². The maximum atomic E-state index is 13.9. The van der Waals surface area contributed by atoms with Crippen LogP contribution in [0.1, 0.15) is 20.8 Å². The van der Waals surface area contributed by atoms with Gasteiger partial charge >= 0.3 is 11.9 Å². The lowest BCUT2D eigenvalue weighted by Gasteiger charge is -2.29. The number of likely N-dealkylation sites (N-methyl/N-ethyl adjacent to an activating group) is 1. The van der Waals surface area contributed by atoms with Crippen molar-refractivity contribution in [2.24, 2.45) is 5.92 Å². The molecule has 0 aromatic heterocycles. The van der Waals surface area contributed by atoms with Crippen LogP contribution in [0.15, 0.2) is 47.1 Å². The molecular weight excluding hydrogens is 484 g/mol. The molecule has 0 radical (unpaired) electrons. The van der Waals surface area contributed by atoms with Gasteiger partial charge in [-0.3, -0.25) is 9.59 Å². The maximum Gasteiger partial charge on any atom is 0.343 e. The van der Waals surface area contributed by atoms with Crippen LogP contribution in [0.25, 0.3) is 0 Å². The third-order valence-electron chi connectivity index (χ3n) is 5.55. The number of rotatable bonds is 11. The zero-order valence-corrected chi connectivity index (χ0v) is 22.8. The summed E-state index contributed by atoms with van der Waals surface area (Å²) in [5.41, 5.74) is 0.635. The number of fused-ring (bicyclic) bond motifs is 1. The zero-order valence-electron chi connectivity index (χ0n) is 22.0. The van der Waals surface area contributed by atoms with Crippen molar-refractivity contribution in [3.05, 3.63) is 42.2 Å². The summed E-state index contributed by atoms with van der Waals surface area (Å²) >= 11 is 1.39. The van der Waals surface area contributed by atoms with Crippen molar-refractivity contribution >= 4 is 35.3 Å². The highest BCUT2D eigenvalue weighted by molar-refractivity contribution is 8.00. The Morgan fingerprint density at radius 1 is 1.22 bits per heavy atom. The summed E-state index contributed by atoms with van der Waals surface area (Å²) in [5.74, 6) is -0.458. The number of carbonyl (C=O) groups is 3. The SMILES string of the molecule is C/C=C(\C=C/[C@@H](C)[C@@H]1Sc2c(OCC(=O)OC)cccc2N(CCN(C)C)C(=O)[C@@H]1OC(C)=O)OC. The highest BCUT2D eigenvalue weighted by Gasteiger charge is 2.42. The molecule has 1 aliphatic rings. The first kappa shape index (κ1) is 29.3. The molecule has 2 rings (SSSR count). The molecule has 0 saturated heterocycles. The Hall–Kier alpha value is -2.98. The minimum Gasteiger partial charge on any atom is -0.497 e. The van der Waals surface area contributed by atoms with Crippen molar-refractivity contribution in [2.45, 2.75) is 37.0 Å². The number of ether oxygens (including phenoxy) is 4. The molecule has 0 bridgehead atoms. The molecule has 0 N–H and O–H groups in total. The Balaban J connectivity index is 2.61. The predicted molar refractivity (Wildman–Crippen MR) is 139 cm³/mol. The first-order valence-corrected chi connectivity index (χ1v) is 12.5. The molecule has 1 heterocycles. The normalized spacial score (nSPS) is 19.1. The van der Waals surface area contributed by atoms with E-state index in [0.717, 1.165) is 0 Å². The Labute approximate surface area is 217 Å². The summed E-state index contributed by atoms with van der Waals surface area (Å²) in [7, 11) is 6.71. The molecule has 1 aliphatic heterocycles. The van der Waals surface area contributed by atoms with Crippen LogP contribution in [-0.2, 0) is 28.6 Å². The van der Waals surface area contributed by atoms with E-state index < -0.39 is 23.3 Å². The molecule has 36 heavy (non-hydrogen) atoms. The summed E-state index contributed by atoms with van der Waals surface area (Å²) in [4.78, 5) is 42.0. The number of nitrogens with zero attached hydrogens (tertiary/aromatic N) is 2. The van der Waals surface area contributed by atoms with E-state index in [4.69, 9.17) is 18.9 Å². The van der Waals surface area contributed by atoms with Crippen molar-refractivity contribution in [1.82, 2.24) is 4.90 Å². The second kappa shape index (κ2) is 13.9. The summed E-state index contributed by atoms with van der Waals surface area (Å²) in [6.45, 7) is 5.81. The van der Waals surface area contributed by atoms with E-state index in [1.54, 1.807) is 24.1 Å². The molecule has 0 fully saturated rings. The number of benzene rings is 1. The number of thioether (sulfide) groups is 1. The van der Waals surface area contributed by atoms with Gasteiger partial charge in [0.1, 0.15) is 11.5 Å². The van der Waals surface area contributed by atoms with Crippen LogP contribution in [0.3, 0.4) is 0 Å². The summed E-state index contributed by atoms with van der Waals surface area (Å²) in [6.07, 6.45) is 4.55. The van der Waals surface area contributed by atoms with E-state index in [-0.39, 0.29) is 18.4 Å². The molecular formula is C26H36N2O7S. The zero-order chi connectivity index (χ0) is 26.8. The van der Waals surface area contributed by atoms with Gasteiger partial charge in [-0.25, -0.2) is 4.79 Å². The van der Waals surface area contributed by atoms with Gasteiger partial charge in [0, 0.05) is 20.0 Å². The number of amides is 1. The van der Waals surface area contributed by atoms with Gasteiger partial charge in [0.05, 0.1) is 30.1 Å². The molecule has 9 nitrogen and oxygen atoms in total. The first-order chi connectivity index (χ1) is 17.1. The lowest BCUT2D eigenvalue weighted by molar-refractivity contribution is -0.153. The van der Waals surface area contributed by atoms with E-state index in [1.807, 2.05) is 57.1 Å². The van der Waals surface area contributed by atoms with Gasteiger partial charge in [-0.2, -0.15) is 0 Å². The van der Waals surface area contributed by atoms with Crippen LogP contribution in [0.5, 0.6) is 5.75 Å². The quantitative estimate of drug-likeness (QED) is 0.247. The van der Waals surface area contributed by atoms with Crippen molar-refractivity contribution in [1.29, 1.82) is 0 Å². The van der Waals surface area contributed by atoms with Gasteiger partial charge in [0.15, 0.2) is 12.7 Å². The number of esters is 2. The number of methoxy groups -OCH3 is 2. The number of carbonyl (C=O) groups excluding carboxylic acids is 3. The van der Waals surface area contributed by atoms with Gasteiger partial charge in [-0.1, -0.05) is 19.1 Å². The third-order valence-corrected chi connectivity index (χ3v) is 7.14. The summed E-state index contributed by atoms with van der Waals surface area (Å²) in [5, 5.41) is -0.474. The molecule has 3 atom stereocenters. The van der Waals surface area contributed by atoms with E-state index in [9.17, 15) is 14.4 Å². The second-order valence-corrected chi connectivity index (χ2v) is 9.68. The summed E-state index contributed by atoms with van der Waals surface area (Å²) in [6, 6.07) is 5.34. The molecule has 1 amide bonds. The Morgan fingerprint density at radius 2 is 1.94 bits per heavy atom. The predicted octanol–water partition coefficient (Wildman–Crippen LogP) is 3.28. The number of hydrogen-bond donors (Lipinski definition) is 0. The van der Waals surface area contributed by atoms with E-state index in [1.165, 1.54) is 25.8 Å². The fourth-order valence-corrected chi connectivity index (χ4v) is 5.02. The average Bonchev–Trinajstić information content (AvgIpc) is 2.96. The fourth-order valence-electron chi connectivity index (χ4n) is 3.60. The molecule has 0 aliphatic carbocycles. The van der Waals surface area contributed by atoms with Crippen LogP contribution < -0.4 is 9.64 Å². The van der Waals surface area contributed by atoms with Gasteiger partial charge < -0.3 is 28.7 Å². The molecule has 0 saturated carbocycles. The van der Waals surface area contributed by atoms with Gasteiger partial charge in [0.25, 0.3) is 5.91 Å². The van der Waals surface area contributed by atoms with Crippen LogP contribution in [-0.4, -0.2) is 82.1 Å². The highest BCUT2D eigenvalue weighted by atomic mass is 32.2. The Morgan fingerprint density at radius 3 is 2.53 bits per heavy atom. The average molecular weight is 521 g/mol. The molecule has 0 unspecified atom stereocenters. The van der Waals surface area contributed by atoms with Crippen molar-refractivity contribution in [3.63, 3.8) is 0 Å². The lowest BCUT2D eigenvalue weighted by atomic mass is 10.0. The number of allylic oxidation sites excluding steroid dienone is 3. The van der Waals surface area contributed by atoms with Crippen LogP contribution in [0, 0.1) is 5.92 Å². The molecule has 1 aromatic rings. The van der Waals surface area contributed by atoms with Crippen molar-refractivity contribution < 1.29 is 33.3 Å². The van der Waals surface area contributed by atoms with Gasteiger partial charge in [-0.15, -0.1) is 11.8 Å². The maximum absolute atomic E-state index is 13.9. The highest BCUT2D eigenvalue weighted by Crippen LogP contribution is 2.46. The second-order valence-electron chi connectivity index (χ2n) is 8.49. The lowest BCUT2D eigenvalue weighted by Crippen LogP contribution is -2.48. The van der Waals surface area contributed by atoms with Crippen molar-refractivity contribution in [3.8, 4) is 5.75 Å². The van der Waals surface area contributed by atoms with E-state index >= 15 is 0 Å². The largest absolute Gasteiger partial charge is 0.497 e. The van der Waals surface area contributed by atoms with Crippen LogP contribution >= 0.6 is 11.8 Å². The third kappa shape index (κ3) is 7.76. The molecule has 0 spiro atoms. The van der Waals surface area contributed by atoms with E-state index in [0.29, 0.717) is 35.2 Å². The molecule has 1 aromatic carbocycles. The van der Waals surface area contributed by atoms with Gasteiger partial charge in [0.2, 0.25) is 0 Å². The summed E-state index contributed by atoms with van der Waals surface area (Å²) < 4.78 is 21.5. The first-order valence-electron chi connectivity index (χ1n) is 11.6. The topological polar surface area (TPSA) is 94.6 Å². The minimum atomic E-state index is -1.04. The van der Waals surface area contributed by atoms with Crippen molar-refractivity contribution in [2.75, 3.05) is 52.9 Å². The molecule has 198 valence electrons. The standard InChI is InChI=1S/C26H36N2O7S/c1-8-19(32-6)13-12-17(2)24-23(35-18(3)29)26(31)28(15-14-27(4)5)20-10-9-11-21(25(20)36-24)34-16-22(30)33-7/h8-13,17,23-24H,14-16H2,1-7H3/b13-12-,19-8+/t17-,23-,24+/m1/s1. The smallest absolute Gasteiger partial charge is 0.343 e. The number of hydrogen-bond acceptors (Lipinski definition) is 9. The minimum absolute atomic E-state index is 0.205. The van der Waals surface area contributed by atoms with Crippen LogP contribution in [0.2, 0.25) is 0 Å². The van der Waals surface area contributed by atoms with Gasteiger partial charge in [-0.05, 0) is 51.2 Å². The number of anilines is 1. The fraction of sp³-hybridized carbons (Fsp3) is 0.500. The van der Waals surface area contributed by atoms with Crippen LogP contribution in [0.4, 0.5) is 5.69 Å².